The number of ether oxygens (including phenoxy) is 1. The summed E-state index contributed by atoms with van der Waals surface area (Å²) in [5.41, 5.74) is 5.53. The first-order valence-electron chi connectivity index (χ1n) is 4.73. The van der Waals surface area contributed by atoms with Crippen molar-refractivity contribution >= 4 is 23.6 Å². The molecule has 0 aliphatic carbocycles. The van der Waals surface area contributed by atoms with Crippen molar-refractivity contribution in [2.45, 2.75) is 19.4 Å². The Bertz CT molecular complexity index is 212. The van der Waals surface area contributed by atoms with E-state index >= 15 is 0 Å². The highest BCUT2D eigenvalue weighted by Gasteiger charge is 2.12. The molecule has 1 atom stereocenters. The number of hydrogen-bond acceptors (Lipinski definition) is 5. The van der Waals surface area contributed by atoms with E-state index in [-0.39, 0.29) is 11.9 Å². The molecule has 6 heteroatoms. The minimum atomic E-state index is -0.539. The molecule has 0 aromatic heterocycles. The second-order valence-electron chi connectivity index (χ2n) is 3.01. The summed E-state index contributed by atoms with van der Waals surface area (Å²) in [7, 11) is 1.33. The van der Waals surface area contributed by atoms with Crippen molar-refractivity contribution in [2.24, 2.45) is 5.73 Å². The number of nitrogens with one attached hydrogen (secondary N) is 1. The molecule has 0 bridgehead atoms. The van der Waals surface area contributed by atoms with Gasteiger partial charge in [-0.3, -0.25) is 9.59 Å². The molecule has 0 aliphatic rings. The Morgan fingerprint density at radius 2 is 2.13 bits per heavy atom. The van der Waals surface area contributed by atoms with Crippen LogP contribution in [0, 0.1) is 0 Å². The van der Waals surface area contributed by atoms with Crippen LogP contribution in [-0.4, -0.2) is 43.1 Å². The Morgan fingerprint density at radius 1 is 1.47 bits per heavy atom. The molecular weight excluding hydrogens is 216 g/mol. The van der Waals surface area contributed by atoms with E-state index in [4.69, 9.17) is 5.73 Å². The van der Waals surface area contributed by atoms with Gasteiger partial charge in [0.15, 0.2) is 0 Å². The molecule has 0 fully saturated rings. The average molecular weight is 234 g/mol. The Kier molecular flexibility index (Phi) is 8.12. The van der Waals surface area contributed by atoms with Gasteiger partial charge in [0.05, 0.1) is 7.11 Å². The van der Waals surface area contributed by atoms with Crippen LogP contribution in [0.2, 0.25) is 0 Å². The molecule has 5 nitrogen and oxygen atoms in total. The number of hydrogen-bond donors (Lipinski definition) is 2. The Morgan fingerprint density at radius 3 is 2.67 bits per heavy atom. The summed E-state index contributed by atoms with van der Waals surface area (Å²) in [5, 5.41) is 2.68. The number of rotatable bonds is 7. The van der Waals surface area contributed by atoms with E-state index < -0.39 is 6.04 Å². The minimum absolute atomic E-state index is 0.0261. The zero-order valence-corrected chi connectivity index (χ0v) is 9.93. The zero-order valence-electron chi connectivity index (χ0n) is 9.12. The number of thioether (sulfide) groups is 1. The summed E-state index contributed by atoms with van der Waals surface area (Å²) in [6.45, 7) is 2.13. The Labute approximate surface area is 94.1 Å². The molecule has 1 amide bonds. The first kappa shape index (κ1) is 14.2. The molecule has 88 valence electrons. The number of carbonyl (C=O) groups is 2. The first-order valence-corrected chi connectivity index (χ1v) is 5.89. The third-order valence-corrected chi connectivity index (χ3v) is 2.71. The molecule has 0 aromatic rings. The second kappa shape index (κ2) is 8.55. The van der Waals surface area contributed by atoms with Gasteiger partial charge < -0.3 is 15.8 Å². The van der Waals surface area contributed by atoms with E-state index in [1.54, 1.807) is 11.8 Å². The van der Waals surface area contributed by atoms with Crippen LogP contribution in [0.3, 0.4) is 0 Å². The number of carbonyl (C=O) groups excluding carboxylic acids is 2. The van der Waals surface area contributed by atoms with Crippen LogP contribution < -0.4 is 11.1 Å². The van der Waals surface area contributed by atoms with Crippen LogP contribution in [-0.2, 0) is 14.3 Å². The van der Waals surface area contributed by atoms with Crippen molar-refractivity contribution in [3.8, 4) is 0 Å². The molecule has 1 unspecified atom stereocenters. The lowest BCUT2D eigenvalue weighted by Gasteiger charge is -2.08. The van der Waals surface area contributed by atoms with E-state index in [2.05, 4.69) is 10.1 Å². The van der Waals surface area contributed by atoms with Crippen molar-refractivity contribution < 1.29 is 14.3 Å². The van der Waals surface area contributed by atoms with Gasteiger partial charge in [-0.15, -0.1) is 0 Å². The average Bonchev–Trinajstić information content (AvgIpc) is 2.21. The zero-order chi connectivity index (χ0) is 11.7. The van der Waals surface area contributed by atoms with Gasteiger partial charge in [-0.1, -0.05) is 0 Å². The third kappa shape index (κ3) is 8.26. The van der Waals surface area contributed by atoms with E-state index in [0.717, 1.165) is 11.5 Å². The lowest BCUT2D eigenvalue weighted by Crippen LogP contribution is -2.32. The van der Waals surface area contributed by atoms with E-state index in [9.17, 15) is 9.59 Å². The van der Waals surface area contributed by atoms with Crippen LogP contribution in [0.5, 0.6) is 0 Å². The Balaban J connectivity index is 3.31. The van der Waals surface area contributed by atoms with Crippen LogP contribution in [0.15, 0.2) is 0 Å². The highest BCUT2D eigenvalue weighted by atomic mass is 32.2. The molecular formula is C9H18N2O3S. The summed E-state index contributed by atoms with van der Waals surface area (Å²) in [5.74, 6) is 1.21. The van der Waals surface area contributed by atoms with Crippen LogP contribution >= 0.6 is 11.8 Å². The van der Waals surface area contributed by atoms with Crippen LogP contribution in [0.25, 0.3) is 0 Å². The van der Waals surface area contributed by atoms with E-state index in [1.807, 2.05) is 0 Å². The van der Waals surface area contributed by atoms with Crippen LogP contribution in [0.4, 0.5) is 0 Å². The predicted molar refractivity (Wildman–Crippen MR) is 60.6 cm³/mol. The van der Waals surface area contributed by atoms with Gasteiger partial charge in [0.1, 0.15) is 6.04 Å². The normalized spacial score (nSPS) is 11.9. The van der Waals surface area contributed by atoms with Crippen molar-refractivity contribution in [1.29, 1.82) is 0 Å². The van der Waals surface area contributed by atoms with Gasteiger partial charge in [0, 0.05) is 19.2 Å². The predicted octanol–water partition coefficient (Wildman–Crippen LogP) is -0.254. The van der Waals surface area contributed by atoms with Gasteiger partial charge in [-0.2, -0.15) is 11.8 Å². The summed E-state index contributed by atoms with van der Waals surface area (Å²) < 4.78 is 4.49. The quantitative estimate of drug-likeness (QED) is 0.469. The summed E-state index contributed by atoms with van der Waals surface area (Å²) in [6, 6.07) is -0.539. The molecule has 15 heavy (non-hydrogen) atoms. The number of methoxy groups -OCH3 is 1. The molecule has 0 saturated heterocycles. The number of amides is 1. The van der Waals surface area contributed by atoms with Gasteiger partial charge in [-0.25, -0.2) is 0 Å². The van der Waals surface area contributed by atoms with E-state index in [0.29, 0.717) is 13.0 Å². The fourth-order valence-corrected chi connectivity index (χ4v) is 1.75. The van der Waals surface area contributed by atoms with Gasteiger partial charge >= 0.3 is 5.97 Å². The summed E-state index contributed by atoms with van der Waals surface area (Å²) in [4.78, 5) is 21.4. The van der Waals surface area contributed by atoms with E-state index in [1.165, 1.54) is 14.0 Å². The number of nitrogens with two attached hydrogens (primary N) is 1. The molecule has 0 heterocycles. The molecule has 0 saturated carbocycles. The molecule has 0 spiro atoms. The SMILES string of the molecule is COC(=O)C(N)CCSCCNC(C)=O. The lowest BCUT2D eigenvalue weighted by atomic mass is 10.2. The largest absolute Gasteiger partial charge is 0.468 e. The number of esters is 1. The molecule has 3 N–H and O–H groups in total. The van der Waals surface area contributed by atoms with Crippen LogP contribution in [0.1, 0.15) is 13.3 Å². The summed E-state index contributed by atoms with van der Waals surface area (Å²) >= 11 is 1.65. The highest BCUT2D eigenvalue weighted by Crippen LogP contribution is 2.03. The smallest absolute Gasteiger partial charge is 0.322 e. The topological polar surface area (TPSA) is 81.4 Å². The highest BCUT2D eigenvalue weighted by molar-refractivity contribution is 7.99. The molecule has 0 aliphatic heterocycles. The standard InChI is InChI=1S/C9H18N2O3S/c1-7(12)11-4-6-15-5-3-8(10)9(13)14-2/h8H,3-6,10H2,1-2H3,(H,11,12). The minimum Gasteiger partial charge on any atom is -0.468 e. The second-order valence-corrected chi connectivity index (χ2v) is 4.24. The van der Waals surface area contributed by atoms with Gasteiger partial charge in [0.25, 0.3) is 0 Å². The third-order valence-electron chi connectivity index (χ3n) is 1.70. The molecule has 0 aromatic carbocycles. The summed E-state index contributed by atoms with van der Waals surface area (Å²) in [6.07, 6.45) is 0.595. The van der Waals surface area contributed by atoms with Crippen molar-refractivity contribution in [3.05, 3.63) is 0 Å². The van der Waals surface area contributed by atoms with Crippen molar-refractivity contribution in [1.82, 2.24) is 5.32 Å². The maximum atomic E-state index is 10.9. The van der Waals surface area contributed by atoms with Gasteiger partial charge in [-0.05, 0) is 12.2 Å². The fourth-order valence-electron chi connectivity index (χ4n) is 0.881. The maximum Gasteiger partial charge on any atom is 0.322 e. The van der Waals surface area contributed by atoms with Gasteiger partial charge in [0.2, 0.25) is 5.91 Å². The molecule has 0 radical (unpaired) electrons. The lowest BCUT2D eigenvalue weighted by molar-refractivity contribution is -0.142. The molecule has 0 rings (SSSR count). The van der Waals surface area contributed by atoms with Crippen molar-refractivity contribution in [3.63, 3.8) is 0 Å². The van der Waals surface area contributed by atoms with Crippen molar-refractivity contribution in [2.75, 3.05) is 25.2 Å². The fraction of sp³-hybridized carbons (Fsp3) is 0.778. The Hall–Kier alpha value is -0.750. The first-order chi connectivity index (χ1) is 7.07. The maximum absolute atomic E-state index is 10.9. The monoisotopic (exact) mass is 234 g/mol.